The number of nitrogens with zero attached hydrogens (tertiary/aromatic N) is 2. The van der Waals surface area contributed by atoms with Crippen molar-refractivity contribution in [3.8, 4) is 0 Å². The summed E-state index contributed by atoms with van der Waals surface area (Å²) in [5, 5.41) is 5.84. The van der Waals surface area contributed by atoms with E-state index in [9.17, 15) is 22.4 Å². The molecule has 2 aromatic heterocycles. The minimum absolute atomic E-state index is 0.240. The molecular formula is C25H26F4N4O. The van der Waals surface area contributed by atoms with Crippen LogP contribution in [-0.4, -0.2) is 29.5 Å². The van der Waals surface area contributed by atoms with Crippen molar-refractivity contribution in [1.82, 2.24) is 20.6 Å². The normalized spacial score (nSPS) is 13.4. The van der Waals surface area contributed by atoms with Crippen LogP contribution >= 0.6 is 0 Å². The number of aromatic nitrogens is 2. The molecule has 1 amide bonds. The molecule has 2 atom stereocenters. The van der Waals surface area contributed by atoms with Crippen LogP contribution in [-0.2, 0) is 11.0 Å². The fraction of sp³-hybridized carbons (Fsp3) is 0.320. The fourth-order valence-electron chi connectivity index (χ4n) is 3.72. The Labute approximate surface area is 195 Å². The highest BCUT2D eigenvalue weighted by Crippen LogP contribution is 2.32. The van der Waals surface area contributed by atoms with E-state index in [2.05, 4.69) is 20.6 Å². The maximum absolute atomic E-state index is 13.9. The fourth-order valence-corrected chi connectivity index (χ4v) is 3.72. The van der Waals surface area contributed by atoms with Crippen LogP contribution in [0.2, 0.25) is 0 Å². The van der Waals surface area contributed by atoms with E-state index in [0.29, 0.717) is 29.7 Å². The smallest absolute Gasteiger partial charge is 0.358 e. The van der Waals surface area contributed by atoms with E-state index in [-0.39, 0.29) is 17.6 Å². The number of pyridine rings is 2. The summed E-state index contributed by atoms with van der Waals surface area (Å²) in [6.45, 7) is 3.83. The molecule has 1 aromatic carbocycles. The molecule has 5 nitrogen and oxygen atoms in total. The van der Waals surface area contributed by atoms with Crippen molar-refractivity contribution in [2.24, 2.45) is 0 Å². The Balaban J connectivity index is 1.85. The van der Waals surface area contributed by atoms with Crippen molar-refractivity contribution in [3.63, 3.8) is 0 Å². The Hall–Kier alpha value is -3.33. The topological polar surface area (TPSA) is 66.9 Å². The molecule has 0 spiro atoms. The lowest BCUT2D eigenvalue weighted by atomic mass is 9.88. The first-order chi connectivity index (χ1) is 16.1. The summed E-state index contributed by atoms with van der Waals surface area (Å²) in [6.07, 6.45) is -1.27. The Bertz CT molecular complexity index is 1120. The third-order valence-corrected chi connectivity index (χ3v) is 5.62. The lowest BCUT2D eigenvalue weighted by Crippen LogP contribution is -2.36. The monoisotopic (exact) mass is 474 g/mol. The first-order valence-electron chi connectivity index (χ1n) is 10.8. The summed E-state index contributed by atoms with van der Waals surface area (Å²) in [5.41, 5.74) is 2.28. The minimum Gasteiger partial charge on any atom is -0.358 e. The number of rotatable bonds is 8. The van der Waals surface area contributed by atoms with E-state index in [1.807, 2.05) is 19.1 Å². The van der Waals surface area contributed by atoms with Crippen LogP contribution in [0.15, 0.2) is 54.9 Å². The summed E-state index contributed by atoms with van der Waals surface area (Å²) in [5.74, 6) is -0.961. The van der Waals surface area contributed by atoms with Crippen molar-refractivity contribution in [2.45, 2.75) is 38.4 Å². The van der Waals surface area contributed by atoms with Crippen LogP contribution in [0.3, 0.4) is 0 Å². The van der Waals surface area contributed by atoms with Crippen molar-refractivity contribution in [3.05, 3.63) is 94.3 Å². The quantitative estimate of drug-likeness (QED) is 0.458. The molecule has 0 aliphatic carbocycles. The van der Waals surface area contributed by atoms with Gasteiger partial charge < -0.3 is 10.6 Å². The van der Waals surface area contributed by atoms with E-state index < -0.39 is 17.9 Å². The molecular weight excluding hydrogens is 448 g/mol. The van der Waals surface area contributed by atoms with Crippen LogP contribution < -0.4 is 10.6 Å². The first-order valence-corrected chi connectivity index (χ1v) is 10.8. The Morgan fingerprint density at radius 1 is 0.971 bits per heavy atom. The first kappa shape index (κ1) is 25.3. The van der Waals surface area contributed by atoms with Crippen LogP contribution in [0.5, 0.6) is 0 Å². The summed E-state index contributed by atoms with van der Waals surface area (Å²) < 4.78 is 52.8. The highest BCUT2D eigenvalue weighted by Gasteiger charge is 2.32. The zero-order chi connectivity index (χ0) is 24.9. The second kappa shape index (κ2) is 10.7. The van der Waals surface area contributed by atoms with Crippen molar-refractivity contribution >= 4 is 5.91 Å². The number of alkyl halides is 3. The maximum atomic E-state index is 13.9. The molecule has 0 bridgehead atoms. The number of carbonyl (C=O) groups excluding carboxylic acids is 1. The standard InChI is InChI=1S/C25H26F4N4O/c1-15-12-17(6-8-21(15)26)20(18-7-9-22(33-13-18)25(27,28)29)10-11-31-23(24(34)30-3)19-5-4-16(2)32-14-19/h4-9,12-14,20,23,31H,10-11H2,1-3H3,(H,30,34)/t20-,23-/m0/s1. The van der Waals surface area contributed by atoms with E-state index in [1.165, 1.54) is 25.4 Å². The van der Waals surface area contributed by atoms with Gasteiger partial charge in [-0.3, -0.25) is 14.8 Å². The van der Waals surface area contributed by atoms with Gasteiger partial charge in [0.25, 0.3) is 0 Å². The summed E-state index contributed by atoms with van der Waals surface area (Å²) >= 11 is 0. The highest BCUT2D eigenvalue weighted by molar-refractivity contribution is 5.82. The van der Waals surface area contributed by atoms with Gasteiger partial charge in [-0.05, 0) is 67.3 Å². The van der Waals surface area contributed by atoms with Gasteiger partial charge in [-0.2, -0.15) is 13.2 Å². The van der Waals surface area contributed by atoms with Gasteiger partial charge in [0.2, 0.25) is 5.91 Å². The van der Waals surface area contributed by atoms with Gasteiger partial charge in [0.05, 0.1) is 0 Å². The largest absolute Gasteiger partial charge is 0.433 e. The number of hydrogen-bond donors (Lipinski definition) is 2. The second-order valence-corrected chi connectivity index (χ2v) is 8.06. The van der Waals surface area contributed by atoms with Gasteiger partial charge in [0.1, 0.15) is 17.6 Å². The molecule has 3 rings (SSSR count). The van der Waals surface area contributed by atoms with Gasteiger partial charge >= 0.3 is 6.18 Å². The minimum atomic E-state index is -4.54. The average Bonchev–Trinajstić information content (AvgIpc) is 2.81. The number of hydrogen-bond acceptors (Lipinski definition) is 4. The molecule has 0 aliphatic heterocycles. The van der Waals surface area contributed by atoms with Crippen LogP contribution in [0.25, 0.3) is 0 Å². The van der Waals surface area contributed by atoms with Crippen molar-refractivity contribution < 1.29 is 22.4 Å². The Morgan fingerprint density at radius 2 is 1.65 bits per heavy atom. The zero-order valence-corrected chi connectivity index (χ0v) is 19.1. The summed E-state index contributed by atoms with van der Waals surface area (Å²) in [6, 6.07) is 9.94. The average molecular weight is 475 g/mol. The van der Waals surface area contributed by atoms with Crippen LogP contribution in [0.1, 0.15) is 52.0 Å². The van der Waals surface area contributed by atoms with Crippen molar-refractivity contribution in [1.29, 1.82) is 0 Å². The second-order valence-electron chi connectivity index (χ2n) is 8.06. The number of likely N-dealkylation sites (N-methyl/N-ethyl adjacent to an activating group) is 1. The van der Waals surface area contributed by atoms with E-state index in [4.69, 9.17) is 0 Å². The SMILES string of the molecule is CNC(=O)[C@@H](NCC[C@H](c1ccc(C(F)(F)F)nc1)c1ccc(F)c(C)c1)c1ccc(C)nc1. The predicted molar refractivity (Wildman–Crippen MR) is 121 cm³/mol. The molecule has 2 heterocycles. The number of aryl methyl sites for hydroxylation is 2. The zero-order valence-electron chi connectivity index (χ0n) is 19.1. The van der Waals surface area contributed by atoms with E-state index in [0.717, 1.165) is 17.3 Å². The summed E-state index contributed by atoms with van der Waals surface area (Å²) in [7, 11) is 1.54. The molecule has 9 heteroatoms. The third-order valence-electron chi connectivity index (χ3n) is 5.62. The van der Waals surface area contributed by atoms with E-state index in [1.54, 1.807) is 25.3 Å². The molecule has 3 aromatic rings. The molecule has 0 saturated heterocycles. The lowest BCUT2D eigenvalue weighted by molar-refractivity contribution is -0.141. The lowest BCUT2D eigenvalue weighted by Gasteiger charge is -2.22. The molecule has 0 aliphatic rings. The third kappa shape index (κ3) is 6.17. The van der Waals surface area contributed by atoms with Gasteiger partial charge in [-0.1, -0.05) is 24.3 Å². The van der Waals surface area contributed by atoms with Gasteiger partial charge in [-0.15, -0.1) is 0 Å². The molecule has 0 radical (unpaired) electrons. The molecule has 0 unspecified atom stereocenters. The van der Waals surface area contributed by atoms with Crippen LogP contribution in [0, 0.1) is 19.7 Å². The number of amides is 1. The summed E-state index contributed by atoms with van der Waals surface area (Å²) in [4.78, 5) is 20.3. The molecule has 0 saturated carbocycles. The van der Waals surface area contributed by atoms with Crippen molar-refractivity contribution in [2.75, 3.05) is 13.6 Å². The van der Waals surface area contributed by atoms with Crippen LogP contribution in [0.4, 0.5) is 17.6 Å². The highest BCUT2D eigenvalue weighted by atomic mass is 19.4. The number of benzene rings is 1. The number of halogens is 4. The van der Waals surface area contributed by atoms with Gasteiger partial charge in [0, 0.05) is 31.1 Å². The molecule has 0 fully saturated rings. The molecule has 180 valence electrons. The number of carbonyl (C=O) groups is 1. The maximum Gasteiger partial charge on any atom is 0.433 e. The number of nitrogens with one attached hydrogen (secondary N) is 2. The molecule has 34 heavy (non-hydrogen) atoms. The molecule has 2 N–H and O–H groups in total. The van der Waals surface area contributed by atoms with Gasteiger partial charge in [-0.25, -0.2) is 4.39 Å². The Kier molecular flexibility index (Phi) is 7.98. The predicted octanol–water partition coefficient (Wildman–Crippen LogP) is 4.85. The van der Waals surface area contributed by atoms with E-state index >= 15 is 0 Å². The Morgan fingerprint density at radius 3 is 2.21 bits per heavy atom. The van der Waals surface area contributed by atoms with Gasteiger partial charge in [0.15, 0.2) is 0 Å².